The van der Waals surface area contributed by atoms with Gasteiger partial charge in [-0.3, -0.25) is 10.1 Å². The van der Waals surface area contributed by atoms with Gasteiger partial charge in [-0.2, -0.15) is 0 Å². The third kappa shape index (κ3) is 2.08. The van der Waals surface area contributed by atoms with Crippen LogP contribution < -0.4 is 5.73 Å². The van der Waals surface area contributed by atoms with Crippen LogP contribution in [0, 0.1) is 10.1 Å². The van der Waals surface area contributed by atoms with Crippen LogP contribution >= 0.6 is 11.3 Å². The fourth-order valence-corrected chi connectivity index (χ4v) is 3.21. The molecule has 0 aliphatic rings. The molecule has 2 N–H and O–H groups in total. The monoisotopic (exact) mass is 251 g/mol. The molecule has 0 amide bonds. The lowest BCUT2D eigenvalue weighted by Crippen LogP contribution is -2.21. The predicted octanol–water partition coefficient (Wildman–Crippen LogP) is 0.489. The zero-order valence-corrected chi connectivity index (χ0v) is 9.63. The summed E-state index contributed by atoms with van der Waals surface area (Å²) in [4.78, 5) is 9.75. The van der Waals surface area contributed by atoms with Crippen LogP contribution in [0.25, 0.3) is 0 Å². The zero-order valence-electron chi connectivity index (χ0n) is 8.00. The van der Waals surface area contributed by atoms with Crippen molar-refractivity contribution in [2.45, 2.75) is 4.21 Å². The van der Waals surface area contributed by atoms with Gasteiger partial charge < -0.3 is 5.73 Å². The average Bonchev–Trinajstić information content (AvgIpc) is 2.47. The Bertz CT molecular complexity index is 490. The average molecular weight is 251 g/mol. The molecule has 9 heteroatoms. The number of nitrogens with two attached hydrogens (primary N) is 1. The standard InChI is InChI=1S/C6H9N3O4S2/c1-8(2)15(12,13)5-3-4(9(10)11)6(7)14-5/h3H,7H2,1-2H3. The molecular weight excluding hydrogens is 242 g/mol. The number of sulfonamides is 1. The maximum absolute atomic E-state index is 11.6. The largest absolute Gasteiger partial charge is 0.385 e. The van der Waals surface area contributed by atoms with Crippen molar-refractivity contribution in [2.24, 2.45) is 0 Å². The molecule has 0 atom stereocenters. The van der Waals surface area contributed by atoms with E-state index in [0.29, 0.717) is 11.3 Å². The molecule has 84 valence electrons. The molecule has 1 rings (SSSR count). The number of anilines is 1. The zero-order chi connectivity index (χ0) is 11.8. The fraction of sp³-hybridized carbons (Fsp3) is 0.333. The topological polar surface area (TPSA) is 107 Å². The summed E-state index contributed by atoms with van der Waals surface area (Å²) in [5.74, 6) is 0. The Kier molecular flexibility index (Phi) is 2.98. The Hall–Kier alpha value is -1.19. The minimum absolute atomic E-state index is 0.111. The number of hydrogen-bond acceptors (Lipinski definition) is 6. The fourth-order valence-electron chi connectivity index (χ4n) is 0.823. The SMILES string of the molecule is CN(C)S(=O)(=O)c1cc([N+](=O)[O-])c(N)s1. The number of thiophene rings is 1. The summed E-state index contributed by atoms with van der Waals surface area (Å²) in [6.07, 6.45) is 0. The van der Waals surface area contributed by atoms with Crippen molar-refractivity contribution in [3.63, 3.8) is 0 Å². The van der Waals surface area contributed by atoms with Crippen LogP contribution in [-0.2, 0) is 10.0 Å². The summed E-state index contributed by atoms with van der Waals surface area (Å²) in [5, 5.41) is 10.3. The van der Waals surface area contributed by atoms with Crippen molar-refractivity contribution in [3.8, 4) is 0 Å². The van der Waals surface area contributed by atoms with E-state index in [2.05, 4.69) is 0 Å². The third-order valence-electron chi connectivity index (χ3n) is 1.65. The van der Waals surface area contributed by atoms with E-state index < -0.39 is 14.9 Å². The Morgan fingerprint density at radius 3 is 2.40 bits per heavy atom. The highest BCUT2D eigenvalue weighted by Crippen LogP contribution is 2.35. The van der Waals surface area contributed by atoms with Crippen molar-refractivity contribution in [1.29, 1.82) is 0 Å². The molecule has 0 bridgehead atoms. The van der Waals surface area contributed by atoms with E-state index in [0.717, 1.165) is 10.4 Å². The molecule has 0 aliphatic heterocycles. The molecule has 0 saturated carbocycles. The highest BCUT2D eigenvalue weighted by atomic mass is 32.2. The van der Waals surface area contributed by atoms with Crippen LogP contribution in [0.15, 0.2) is 10.3 Å². The Morgan fingerprint density at radius 2 is 2.07 bits per heavy atom. The van der Waals surface area contributed by atoms with Crippen LogP contribution in [-0.4, -0.2) is 31.7 Å². The van der Waals surface area contributed by atoms with Crippen LogP contribution in [0.5, 0.6) is 0 Å². The van der Waals surface area contributed by atoms with Gasteiger partial charge in [0.15, 0.2) is 5.00 Å². The maximum Gasteiger partial charge on any atom is 0.304 e. The Balaban J connectivity index is 3.31. The van der Waals surface area contributed by atoms with Gasteiger partial charge in [0, 0.05) is 20.2 Å². The van der Waals surface area contributed by atoms with Crippen LogP contribution in [0.2, 0.25) is 0 Å². The molecule has 0 aromatic carbocycles. The highest BCUT2D eigenvalue weighted by Gasteiger charge is 2.26. The third-order valence-corrected chi connectivity index (χ3v) is 4.87. The first-order valence-corrected chi connectivity index (χ1v) is 5.98. The predicted molar refractivity (Wildman–Crippen MR) is 56.3 cm³/mol. The maximum atomic E-state index is 11.6. The normalized spacial score (nSPS) is 11.9. The number of nitrogens with zero attached hydrogens (tertiary/aromatic N) is 2. The molecule has 0 radical (unpaired) electrons. The smallest absolute Gasteiger partial charge is 0.304 e. The quantitative estimate of drug-likeness (QED) is 0.621. The van der Waals surface area contributed by atoms with E-state index in [1.54, 1.807) is 0 Å². The van der Waals surface area contributed by atoms with Gasteiger partial charge >= 0.3 is 5.69 Å². The molecule has 0 saturated heterocycles. The van der Waals surface area contributed by atoms with Crippen molar-refractivity contribution in [3.05, 3.63) is 16.2 Å². The molecule has 15 heavy (non-hydrogen) atoms. The van der Waals surface area contributed by atoms with Crippen LogP contribution in [0.1, 0.15) is 0 Å². The number of nitro groups is 1. The van der Waals surface area contributed by atoms with E-state index in [-0.39, 0.29) is 14.9 Å². The lowest BCUT2D eigenvalue weighted by Gasteiger charge is -2.07. The van der Waals surface area contributed by atoms with E-state index in [4.69, 9.17) is 5.73 Å². The van der Waals surface area contributed by atoms with Crippen LogP contribution in [0.4, 0.5) is 10.7 Å². The van der Waals surface area contributed by atoms with Gasteiger partial charge in [-0.25, -0.2) is 12.7 Å². The van der Waals surface area contributed by atoms with Gasteiger partial charge in [0.2, 0.25) is 0 Å². The van der Waals surface area contributed by atoms with Gasteiger partial charge in [-0.05, 0) is 0 Å². The lowest BCUT2D eigenvalue weighted by molar-refractivity contribution is -0.383. The van der Waals surface area contributed by atoms with Gasteiger partial charge in [0.05, 0.1) is 4.92 Å². The van der Waals surface area contributed by atoms with Crippen molar-refractivity contribution in [1.82, 2.24) is 4.31 Å². The first-order valence-electron chi connectivity index (χ1n) is 3.73. The van der Waals surface area contributed by atoms with Gasteiger partial charge in [0.25, 0.3) is 10.0 Å². The van der Waals surface area contributed by atoms with Crippen molar-refractivity contribution < 1.29 is 13.3 Å². The molecule has 1 aromatic heterocycles. The minimum atomic E-state index is -3.64. The molecule has 0 unspecified atom stereocenters. The molecule has 1 aromatic rings. The lowest BCUT2D eigenvalue weighted by atomic mass is 10.5. The molecule has 7 nitrogen and oxygen atoms in total. The molecule has 0 fully saturated rings. The molecular formula is C6H9N3O4S2. The Labute approximate surface area is 90.3 Å². The number of rotatable bonds is 3. The summed E-state index contributed by atoms with van der Waals surface area (Å²) < 4.78 is 24.0. The van der Waals surface area contributed by atoms with E-state index >= 15 is 0 Å². The summed E-state index contributed by atoms with van der Waals surface area (Å²) in [6.45, 7) is 0. The summed E-state index contributed by atoms with van der Waals surface area (Å²) >= 11 is 0.684. The van der Waals surface area contributed by atoms with E-state index in [1.807, 2.05) is 0 Å². The first kappa shape index (κ1) is 11.9. The second-order valence-electron chi connectivity index (χ2n) is 2.86. The van der Waals surface area contributed by atoms with E-state index in [1.165, 1.54) is 14.1 Å². The van der Waals surface area contributed by atoms with E-state index in [9.17, 15) is 18.5 Å². The van der Waals surface area contributed by atoms with Crippen molar-refractivity contribution >= 4 is 32.0 Å². The highest BCUT2D eigenvalue weighted by molar-refractivity contribution is 7.91. The Morgan fingerprint density at radius 1 is 1.53 bits per heavy atom. The van der Waals surface area contributed by atoms with Crippen LogP contribution in [0.3, 0.4) is 0 Å². The summed E-state index contributed by atoms with van der Waals surface area (Å²) in [7, 11) is -0.956. The van der Waals surface area contributed by atoms with Crippen molar-refractivity contribution in [2.75, 3.05) is 19.8 Å². The second-order valence-corrected chi connectivity index (χ2v) is 6.32. The molecule has 0 spiro atoms. The molecule has 0 aliphatic carbocycles. The van der Waals surface area contributed by atoms with Gasteiger partial charge in [0.1, 0.15) is 4.21 Å². The number of hydrogen-bond donors (Lipinski definition) is 1. The van der Waals surface area contributed by atoms with Gasteiger partial charge in [-0.15, -0.1) is 0 Å². The van der Waals surface area contributed by atoms with Gasteiger partial charge in [-0.1, -0.05) is 11.3 Å². The minimum Gasteiger partial charge on any atom is -0.385 e. The second kappa shape index (κ2) is 3.76. The summed E-state index contributed by atoms with van der Waals surface area (Å²) in [6, 6.07) is 0.968. The summed E-state index contributed by atoms with van der Waals surface area (Å²) in [5.41, 5.74) is 4.96. The number of nitrogen functional groups attached to an aromatic ring is 1. The molecule has 1 heterocycles. The first-order chi connectivity index (χ1) is 6.76.